The van der Waals surface area contributed by atoms with Gasteiger partial charge in [0.1, 0.15) is 36.5 Å². The number of H-pyrrole nitrogens is 3. The van der Waals surface area contributed by atoms with Gasteiger partial charge < -0.3 is 34.4 Å². The molecule has 4 heterocycles. The zero-order chi connectivity index (χ0) is 30.2. The third-order valence-electron chi connectivity index (χ3n) is 6.51. The van der Waals surface area contributed by atoms with E-state index in [2.05, 4.69) is 15.0 Å². The molecule has 0 unspecified atom stereocenters. The Morgan fingerprint density at radius 3 is 2.00 bits per heavy atom. The fourth-order valence-corrected chi connectivity index (χ4v) is 4.85. The van der Waals surface area contributed by atoms with Crippen molar-refractivity contribution >= 4 is 11.9 Å². The van der Waals surface area contributed by atoms with Crippen LogP contribution in [-0.4, -0.2) is 60.5 Å². The van der Waals surface area contributed by atoms with Gasteiger partial charge in [0.25, 0.3) is 16.7 Å². The van der Waals surface area contributed by atoms with Crippen LogP contribution in [0.15, 0.2) is 37.5 Å². The minimum absolute atomic E-state index is 0.0890. The molecule has 1 fully saturated rings. The molecule has 0 bridgehead atoms. The molecule has 3 aromatic heterocycles. The number of nitrogens with one attached hydrogen (secondary N) is 3. The molecule has 5 N–H and O–H groups in total. The van der Waals surface area contributed by atoms with Crippen LogP contribution in [0.2, 0.25) is 0 Å². The molecule has 0 radical (unpaired) electrons. The molecule has 4 rings (SSSR count). The minimum Gasteiger partial charge on any atom is -0.507 e. The number of ether oxygens (including phenoxy) is 3. The SMILES string of the molecule is CC(=O)OC[C@H]1O[C@@H](n2cc(C(c3c(O)cc(C)[nH]c3=O)c3c(O)cc(C)[nH]c3=O)c(=O)[nH]c2=O)C[C@@H]1OC(C)=O. The molecule has 0 aromatic carbocycles. The maximum Gasteiger partial charge on any atom is 0.330 e. The highest BCUT2D eigenvalue weighted by Gasteiger charge is 2.40. The summed E-state index contributed by atoms with van der Waals surface area (Å²) in [5.74, 6) is -4.05. The highest BCUT2D eigenvalue weighted by atomic mass is 16.6. The van der Waals surface area contributed by atoms with E-state index in [1.807, 2.05) is 0 Å². The normalized spacial score (nSPS) is 18.4. The van der Waals surface area contributed by atoms with Gasteiger partial charge in [0.15, 0.2) is 0 Å². The van der Waals surface area contributed by atoms with E-state index >= 15 is 0 Å². The summed E-state index contributed by atoms with van der Waals surface area (Å²) >= 11 is 0. The van der Waals surface area contributed by atoms with Crippen molar-refractivity contribution in [1.82, 2.24) is 19.5 Å². The second-order valence-corrected chi connectivity index (χ2v) is 9.66. The standard InChI is InChI=1S/C26H28N4O11/c1-10-5-15(33)21(24(36)27-10)20(22-16(34)6-11(2)28-25(22)37)14-8-30(26(38)29-23(14)35)19-7-17(40-13(4)32)18(41-19)9-39-12(3)31/h5-6,8,17-20H,7,9H2,1-4H3,(H2,27,33,36)(H2,28,34,37)(H,29,35,38)/t17-,18+,19+/m0/s1. The Labute approximate surface area is 230 Å². The monoisotopic (exact) mass is 572 g/mol. The molecule has 0 saturated carbocycles. The fraction of sp³-hybridized carbons (Fsp3) is 0.385. The minimum atomic E-state index is -1.65. The molecule has 1 aliphatic rings. The first-order valence-corrected chi connectivity index (χ1v) is 12.4. The average molecular weight is 573 g/mol. The van der Waals surface area contributed by atoms with Crippen LogP contribution < -0.4 is 22.4 Å². The van der Waals surface area contributed by atoms with Crippen LogP contribution in [0.4, 0.5) is 0 Å². The Kier molecular flexibility index (Phi) is 8.00. The van der Waals surface area contributed by atoms with Crippen LogP contribution in [0.3, 0.4) is 0 Å². The fourth-order valence-electron chi connectivity index (χ4n) is 4.85. The van der Waals surface area contributed by atoms with Gasteiger partial charge in [-0.3, -0.25) is 33.5 Å². The number of pyridine rings is 2. The highest BCUT2D eigenvalue weighted by Crippen LogP contribution is 2.36. The summed E-state index contributed by atoms with van der Waals surface area (Å²) in [5.41, 5.74) is -4.33. The van der Waals surface area contributed by atoms with Crippen molar-refractivity contribution < 1.29 is 34.0 Å². The number of carbonyl (C=O) groups is 2. The van der Waals surface area contributed by atoms with E-state index in [-0.39, 0.29) is 30.0 Å². The molecule has 1 saturated heterocycles. The molecule has 0 amide bonds. The number of aryl methyl sites for hydroxylation is 2. The summed E-state index contributed by atoms with van der Waals surface area (Å²) in [7, 11) is 0. The van der Waals surface area contributed by atoms with E-state index in [0.717, 1.165) is 10.8 Å². The molecule has 1 aliphatic heterocycles. The van der Waals surface area contributed by atoms with E-state index in [9.17, 15) is 39.0 Å². The lowest BCUT2D eigenvalue weighted by molar-refractivity contribution is -0.155. The molecule has 15 heteroatoms. The van der Waals surface area contributed by atoms with Crippen LogP contribution in [0, 0.1) is 13.8 Å². The Balaban J connectivity index is 1.91. The first-order valence-electron chi connectivity index (χ1n) is 12.4. The second-order valence-electron chi connectivity index (χ2n) is 9.66. The quantitative estimate of drug-likeness (QED) is 0.235. The van der Waals surface area contributed by atoms with Gasteiger partial charge in [-0.25, -0.2) is 4.79 Å². The number of aromatic nitrogens is 4. The van der Waals surface area contributed by atoms with E-state index < -0.39 is 81.3 Å². The highest BCUT2D eigenvalue weighted by molar-refractivity contribution is 5.66. The Morgan fingerprint density at radius 2 is 1.51 bits per heavy atom. The van der Waals surface area contributed by atoms with Gasteiger partial charge in [0, 0.05) is 43.4 Å². The molecular formula is C26H28N4O11. The number of carbonyl (C=O) groups excluding carboxylic acids is 2. The number of nitrogens with zero attached hydrogens (tertiary/aromatic N) is 1. The van der Waals surface area contributed by atoms with Crippen molar-refractivity contribution in [2.45, 2.75) is 58.5 Å². The van der Waals surface area contributed by atoms with Crippen molar-refractivity contribution in [3.05, 3.63) is 88.0 Å². The first kappa shape index (κ1) is 29.1. The summed E-state index contributed by atoms with van der Waals surface area (Å²) in [4.78, 5) is 82.4. The smallest absolute Gasteiger partial charge is 0.330 e. The molecule has 15 nitrogen and oxygen atoms in total. The van der Waals surface area contributed by atoms with Gasteiger partial charge in [0.2, 0.25) is 0 Å². The van der Waals surface area contributed by atoms with Crippen molar-refractivity contribution in [1.29, 1.82) is 0 Å². The van der Waals surface area contributed by atoms with E-state index in [4.69, 9.17) is 14.2 Å². The summed E-state index contributed by atoms with van der Waals surface area (Å²) < 4.78 is 17.1. The maximum absolute atomic E-state index is 13.2. The predicted molar refractivity (Wildman–Crippen MR) is 140 cm³/mol. The van der Waals surface area contributed by atoms with Crippen LogP contribution in [0.5, 0.6) is 11.5 Å². The number of aromatic amines is 3. The number of hydrogen-bond acceptors (Lipinski definition) is 11. The summed E-state index contributed by atoms with van der Waals surface area (Å²) in [6.45, 7) is 5.06. The maximum atomic E-state index is 13.2. The Hall–Kier alpha value is -4.92. The van der Waals surface area contributed by atoms with Gasteiger partial charge in [-0.15, -0.1) is 0 Å². The van der Waals surface area contributed by atoms with Gasteiger partial charge >= 0.3 is 17.6 Å². The number of rotatable bonds is 7. The Morgan fingerprint density at radius 1 is 0.951 bits per heavy atom. The van der Waals surface area contributed by atoms with E-state index in [0.29, 0.717) is 0 Å². The average Bonchev–Trinajstić information content (AvgIpc) is 3.22. The molecular weight excluding hydrogens is 544 g/mol. The first-order chi connectivity index (χ1) is 19.3. The van der Waals surface area contributed by atoms with Crippen molar-refractivity contribution in [3.8, 4) is 11.5 Å². The third-order valence-corrected chi connectivity index (χ3v) is 6.51. The number of aromatic hydroxyl groups is 2. The van der Waals surface area contributed by atoms with Crippen LogP contribution in [0.25, 0.3) is 0 Å². The lowest BCUT2D eigenvalue weighted by Crippen LogP contribution is -2.37. The van der Waals surface area contributed by atoms with Crippen LogP contribution in [-0.2, 0) is 23.8 Å². The summed E-state index contributed by atoms with van der Waals surface area (Å²) in [5, 5.41) is 21.6. The van der Waals surface area contributed by atoms with Crippen molar-refractivity contribution in [3.63, 3.8) is 0 Å². The van der Waals surface area contributed by atoms with E-state index in [1.54, 1.807) is 0 Å². The van der Waals surface area contributed by atoms with Crippen LogP contribution >= 0.6 is 0 Å². The summed E-state index contributed by atoms with van der Waals surface area (Å²) in [6.07, 6.45) is -2.10. The third kappa shape index (κ3) is 5.99. The molecule has 3 aromatic rings. The predicted octanol–water partition coefficient (Wildman–Crippen LogP) is -0.0963. The van der Waals surface area contributed by atoms with E-state index in [1.165, 1.54) is 39.8 Å². The molecule has 41 heavy (non-hydrogen) atoms. The molecule has 0 aliphatic carbocycles. The van der Waals surface area contributed by atoms with Crippen LogP contribution in [0.1, 0.15) is 60.5 Å². The molecule has 3 atom stereocenters. The zero-order valence-corrected chi connectivity index (χ0v) is 22.5. The van der Waals surface area contributed by atoms with Gasteiger partial charge in [-0.05, 0) is 26.0 Å². The van der Waals surface area contributed by atoms with Crippen molar-refractivity contribution in [2.24, 2.45) is 0 Å². The number of hydrogen-bond donors (Lipinski definition) is 5. The van der Waals surface area contributed by atoms with Gasteiger partial charge in [-0.2, -0.15) is 0 Å². The summed E-state index contributed by atoms with van der Waals surface area (Å²) in [6, 6.07) is 2.41. The molecule has 218 valence electrons. The lowest BCUT2D eigenvalue weighted by atomic mass is 9.86. The topological polar surface area (TPSA) is 223 Å². The largest absolute Gasteiger partial charge is 0.507 e. The zero-order valence-electron chi connectivity index (χ0n) is 22.5. The van der Waals surface area contributed by atoms with Gasteiger partial charge in [-0.1, -0.05) is 0 Å². The second kappa shape index (κ2) is 11.3. The number of esters is 2. The van der Waals surface area contributed by atoms with Crippen molar-refractivity contribution in [2.75, 3.05) is 6.61 Å². The Bertz CT molecular complexity index is 1680. The van der Waals surface area contributed by atoms with Gasteiger partial charge in [0.05, 0.1) is 17.0 Å². The lowest BCUT2D eigenvalue weighted by Gasteiger charge is -2.21. The molecule has 0 spiro atoms.